The fourth-order valence-corrected chi connectivity index (χ4v) is 4.29. The van der Waals surface area contributed by atoms with E-state index < -0.39 is 5.60 Å². The van der Waals surface area contributed by atoms with Crippen LogP contribution in [0, 0.1) is 6.92 Å². The Balaban J connectivity index is 1.76. The predicted molar refractivity (Wildman–Crippen MR) is 130 cm³/mol. The first kappa shape index (κ1) is 24.2. The summed E-state index contributed by atoms with van der Waals surface area (Å²) >= 11 is 0. The number of ether oxygens (including phenoxy) is 2. The van der Waals surface area contributed by atoms with Crippen molar-refractivity contribution >= 4 is 6.09 Å². The molecule has 1 fully saturated rings. The number of likely N-dealkylation sites (tertiary alicyclic amines) is 1. The van der Waals surface area contributed by atoms with E-state index in [0.717, 1.165) is 31.7 Å². The average molecular weight is 438 g/mol. The maximum Gasteiger partial charge on any atom is 0.410 e. The van der Waals surface area contributed by atoms with Gasteiger partial charge < -0.3 is 14.4 Å². The maximum atomic E-state index is 12.5. The zero-order valence-electron chi connectivity index (χ0n) is 20.8. The van der Waals surface area contributed by atoms with Crippen molar-refractivity contribution in [2.75, 3.05) is 13.1 Å². The lowest BCUT2D eigenvalue weighted by molar-refractivity contribution is 0.0204. The molecule has 0 unspecified atom stereocenters. The molecule has 0 radical (unpaired) electrons. The standard InChI is InChI=1S/C28H39NO3/c1-20-17-23(22-13-15-29(16-14-22)26(30)32-28(5,6)7)24(27(2,3)4)18-25(20)31-19-21-11-9-8-10-12-21/h8-12,17-18,22H,13-16,19H2,1-7H3. The Labute approximate surface area is 193 Å². The van der Waals surface area contributed by atoms with Gasteiger partial charge in [-0.05, 0) is 80.2 Å². The number of carbonyl (C=O) groups is 1. The van der Waals surface area contributed by atoms with E-state index in [4.69, 9.17) is 9.47 Å². The van der Waals surface area contributed by atoms with Crippen LogP contribution in [0.2, 0.25) is 0 Å². The van der Waals surface area contributed by atoms with Gasteiger partial charge >= 0.3 is 6.09 Å². The molecule has 174 valence electrons. The highest BCUT2D eigenvalue weighted by molar-refractivity contribution is 5.68. The number of hydrogen-bond donors (Lipinski definition) is 0. The van der Waals surface area contributed by atoms with Crippen molar-refractivity contribution in [2.24, 2.45) is 0 Å². The molecule has 1 amide bonds. The van der Waals surface area contributed by atoms with Crippen molar-refractivity contribution < 1.29 is 14.3 Å². The summed E-state index contributed by atoms with van der Waals surface area (Å²) in [6.07, 6.45) is 1.70. The summed E-state index contributed by atoms with van der Waals surface area (Å²) in [5.74, 6) is 1.39. The van der Waals surface area contributed by atoms with Crippen LogP contribution in [0.3, 0.4) is 0 Å². The van der Waals surface area contributed by atoms with Gasteiger partial charge in [-0.3, -0.25) is 0 Å². The van der Waals surface area contributed by atoms with Crippen LogP contribution < -0.4 is 4.74 Å². The molecule has 0 saturated carbocycles. The van der Waals surface area contributed by atoms with Crippen molar-refractivity contribution in [1.82, 2.24) is 4.90 Å². The van der Waals surface area contributed by atoms with Crippen molar-refractivity contribution in [3.8, 4) is 5.75 Å². The molecule has 1 saturated heterocycles. The van der Waals surface area contributed by atoms with Gasteiger partial charge in [-0.25, -0.2) is 4.79 Å². The van der Waals surface area contributed by atoms with Gasteiger partial charge in [-0.15, -0.1) is 0 Å². The van der Waals surface area contributed by atoms with E-state index >= 15 is 0 Å². The Hall–Kier alpha value is -2.49. The molecular formula is C28H39NO3. The summed E-state index contributed by atoms with van der Waals surface area (Å²) in [7, 11) is 0. The number of piperidine rings is 1. The first-order chi connectivity index (χ1) is 14.9. The highest BCUT2D eigenvalue weighted by Crippen LogP contribution is 2.39. The molecule has 0 atom stereocenters. The quantitative estimate of drug-likeness (QED) is 0.517. The van der Waals surface area contributed by atoms with Gasteiger partial charge in [0.2, 0.25) is 0 Å². The summed E-state index contributed by atoms with van der Waals surface area (Å²) < 4.78 is 11.8. The molecule has 0 N–H and O–H groups in total. The molecule has 0 aromatic heterocycles. The molecule has 0 bridgehead atoms. The van der Waals surface area contributed by atoms with Crippen molar-refractivity contribution in [2.45, 2.75) is 84.8 Å². The van der Waals surface area contributed by atoms with Crippen LogP contribution in [0.4, 0.5) is 4.79 Å². The van der Waals surface area contributed by atoms with Crippen LogP contribution in [0.25, 0.3) is 0 Å². The maximum absolute atomic E-state index is 12.5. The van der Waals surface area contributed by atoms with E-state index in [2.05, 4.69) is 52.0 Å². The second kappa shape index (κ2) is 9.56. The van der Waals surface area contributed by atoms with E-state index in [1.54, 1.807) is 0 Å². The Bertz CT molecular complexity index is 914. The summed E-state index contributed by atoms with van der Waals surface area (Å²) in [6.45, 7) is 16.7. The normalized spacial score (nSPS) is 15.5. The Morgan fingerprint density at radius 1 is 1.00 bits per heavy atom. The molecule has 1 heterocycles. The number of carbonyl (C=O) groups excluding carboxylic acids is 1. The SMILES string of the molecule is Cc1cc(C2CCN(C(=O)OC(C)(C)C)CC2)c(C(C)(C)C)cc1OCc1ccccc1. The summed E-state index contributed by atoms with van der Waals surface area (Å²) in [6, 6.07) is 14.8. The van der Waals surface area contributed by atoms with E-state index in [-0.39, 0.29) is 11.5 Å². The minimum atomic E-state index is -0.458. The van der Waals surface area contributed by atoms with Gasteiger partial charge in [-0.1, -0.05) is 57.2 Å². The molecule has 2 aromatic carbocycles. The third-order valence-electron chi connectivity index (χ3n) is 5.98. The van der Waals surface area contributed by atoms with Gasteiger partial charge in [0.1, 0.15) is 18.0 Å². The minimum Gasteiger partial charge on any atom is -0.489 e. The van der Waals surface area contributed by atoms with Crippen molar-refractivity contribution in [3.05, 3.63) is 64.7 Å². The predicted octanol–water partition coefficient (Wildman–Crippen LogP) is 6.99. The molecular weight excluding hydrogens is 398 g/mol. The second-order valence-electron chi connectivity index (χ2n) is 11.0. The first-order valence-electron chi connectivity index (χ1n) is 11.7. The zero-order chi connectivity index (χ0) is 23.5. The Morgan fingerprint density at radius 2 is 1.62 bits per heavy atom. The van der Waals surface area contributed by atoms with Gasteiger partial charge in [0, 0.05) is 13.1 Å². The summed E-state index contributed by atoms with van der Waals surface area (Å²) in [5.41, 5.74) is 4.62. The highest BCUT2D eigenvalue weighted by atomic mass is 16.6. The Kier molecular flexibility index (Phi) is 7.22. The van der Waals surface area contributed by atoms with Gasteiger partial charge in [0.15, 0.2) is 0 Å². The third kappa shape index (κ3) is 6.27. The van der Waals surface area contributed by atoms with Gasteiger partial charge in [0.05, 0.1) is 0 Å². The van der Waals surface area contributed by atoms with E-state index in [1.807, 2.05) is 43.9 Å². The minimum absolute atomic E-state index is 0.0101. The van der Waals surface area contributed by atoms with E-state index in [9.17, 15) is 4.79 Å². The monoisotopic (exact) mass is 437 g/mol. The topological polar surface area (TPSA) is 38.8 Å². The van der Waals surface area contributed by atoms with Gasteiger partial charge in [0.25, 0.3) is 0 Å². The number of nitrogens with zero attached hydrogens (tertiary/aromatic N) is 1. The Morgan fingerprint density at radius 3 is 2.19 bits per heavy atom. The third-order valence-corrected chi connectivity index (χ3v) is 5.98. The lowest BCUT2D eigenvalue weighted by atomic mass is 9.76. The average Bonchev–Trinajstić information content (AvgIpc) is 2.71. The molecule has 0 spiro atoms. The van der Waals surface area contributed by atoms with E-state index in [0.29, 0.717) is 12.5 Å². The molecule has 0 aliphatic carbocycles. The van der Waals surface area contributed by atoms with Crippen LogP contribution in [0.5, 0.6) is 5.75 Å². The van der Waals surface area contributed by atoms with E-state index in [1.165, 1.54) is 22.3 Å². The molecule has 4 nitrogen and oxygen atoms in total. The number of hydrogen-bond acceptors (Lipinski definition) is 3. The molecule has 4 heteroatoms. The van der Waals surface area contributed by atoms with Crippen LogP contribution in [0.1, 0.15) is 82.6 Å². The van der Waals surface area contributed by atoms with Crippen LogP contribution in [-0.4, -0.2) is 29.7 Å². The number of aryl methyl sites for hydroxylation is 1. The zero-order valence-corrected chi connectivity index (χ0v) is 20.8. The van der Waals surface area contributed by atoms with Crippen molar-refractivity contribution in [1.29, 1.82) is 0 Å². The summed E-state index contributed by atoms with van der Waals surface area (Å²) in [4.78, 5) is 14.3. The van der Waals surface area contributed by atoms with Crippen LogP contribution >= 0.6 is 0 Å². The van der Waals surface area contributed by atoms with Crippen molar-refractivity contribution in [3.63, 3.8) is 0 Å². The second-order valence-corrected chi connectivity index (χ2v) is 11.0. The fraction of sp³-hybridized carbons (Fsp3) is 0.536. The number of rotatable bonds is 4. The van der Waals surface area contributed by atoms with Crippen LogP contribution in [0.15, 0.2) is 42.5 Å². The molecule has 2 aromatic rings. The molecule has 3 rings (SSSR count). The smallest absolute Gasteiger partial charge is 0.410 e. The summed E-state index contributed by atoms with van der Waals surface area (Å²) in [5, 5.41) is 0. The number of benzene rings is 2. The molecule has 1 aliphatic heterocycles. The largest absolute Gasteiger partial charge is 0.489 e. The lowest BCUT2D eigenvalue weighted by Crippen LogP contribution is -2.41. The first-order valence-corrected chi connectivity index (χ1v) is 11.7. The highest BCUT2D eigenvalue weighted by Gasteiger charge is 2.30. The van der Waals surface area contributed by atoms with Crippen LogP contribution in [-0.2, 0) is 16.8 Å². The molecule has 1 aliphatic rings. The number of amides is 1. The van der Waals surface area contributed by atoms with Gasteiger partial charge in [-0.2, -0.15) is 0 Å². The molecule has 32 heavy (non-hydrogen) atoms. The fourth-order valence-electron chi connectivity index (χ4n) is 4.29. The lowest BCUT2D eigenvalue weighted by Gasteiger charge is -2.36.